The molecule has 0 bridgehead atoms. The van der Waals surface area contributed by atoms with Crippen LogP contribution in [0.4, 0.5) is 0 Å². The quantitative estimate of drug-likeness (QED) is 0.653. The van der Waals surface area contributed by atoms with Crippen LogP contribution in [0.2, 0.25) is 0 Å². The van der Waals surface area contributed by atoms with Gasteiger partial charge < -0.3 is 20.2 Å². The van der Waals surface area contributed by atoms with Crippen molar-refractivity contribution in [3.8, 4) is 0 Å². The predicted molar refractivity (Wildman–Crippen MR) is 101 cm³/mol. The van der Waals surface area contributed by atoms with Crippen molar-refractivity contribution in [2.75, 3.05) is 33.2 Å². The molecule has 9 nitrogen and oxygen atoms in total. The van der Waals surface area contributed by atoms with E-state index in [-0.39, 0.29) is 42.8 Å². The zero-order valence-electron chi connectivity index (χ0n) is 15.7. The van der Waals surface area contributed by atoms with E-state index >= 15 is 0 Å². The highest BCUT2D eigenvalue weighted by Gasteiger charge is 2.33. The van der Waals surface area contributed by atoms with Crippen molar-refractivity contribution in [3.05, 3.63) is 29.8 Å². The van der Waals surface area contributed by atoms with E-state index in [1.165, 1.54) is 4.90 Å². The number of carbonyl (C=O) groups excluding carboxylic acids is 2. The van der Waals surface area contributed by atoms with Gasteiger partial charge in [0.05, 0.1) is 23.2 Å². The standard InChI is InChI=1S/C17H23N3O4S.CH2O2/c1-19-8-6-14(7-9-19)25(23,24)15-5-3-2-4-13(15)11-20-12-16(21)18-10-17(20)22;2-1-3/h2-5,14H,6-12H2,1H3,(H,18,21);1H,(H,2,3). The summed E-state index contributed by atoms with van der Waals surface area (Å²) in [4.78, 5) is 35.7. The number of hydrogen-bond acceptors (Lipinski definition) is 6. The van der Waals surface area contributed by atoms with E-state index < -0.39 is 15.1 Å². The Kier molecular flexibility index (Phi) is 7.53. The Morgan fingerprint density at radius 3 is 2.46 bits per heavy atom. The maximum atomic E-state index is 13.1. The minimum atomic E-state index is -3.46. The van der Waals surface area contributed by atoms with Gasteiger partial charge in [-0.2, -0.15) is 0 Å². The molecule has 2 amide bonds. The van der Waals surface area contributed by atoms with Crippen LogP contribution in [0.15, 0.2) is 29.2 Å². The number of nitrogens with zero attached hydrogens (tertiary/aromatic N) is 2. The monoisotopic (exact) mass is 411 g/mol. The van der Waals surface area contributed by atoms with Gasteiger partial charge in [0, 0.05) is 6.54 Å². The van der Waals surface area contributed by atoms with Crippen molar-refractivity contribution >= 4 is 28.1 Å². The number of carboxylic acid groups (broad SMARTS) is 1. The summed E-state index contributed by atoms with van der Waals surface area (Å²) in [5, 5.41) is 8.99. The van der Waals surface area contributed by atoms with Crippen molar-refractivity contribution in [2.24, 2.45) is 0 Å². The number of piperazine rings is 1. The molecule has 2 fully saturated rings. The molecule has 1 aromatic carbocycles. The molecule has 10 heteroatoms. The van der Waals surface area contributed by atoms with Crippen molar-refractivity contribution in [1.29, 1.82) is 0 Å². The third-order valence-corrected chi connectivity index (χ3v) is 7.23. The van der Waals surface area contributed by atoms with E-state index in [0.29, 0.717) is 18.4 Å². The van der Waals surface area contributed by atoms with E-state index in [0.717, 1.165) is 13.1 Å². The third-order valence-electron chi connectivity index (χ3n) is 4.87. The highest BCUT2D eigenvalue weighted by Crippen LogP contribution is 2.27. The molecule has 0 aliphatic carbocycles. The average Bonchev–Trinajstić information content (AvgIpc) is 2.66. The van der Waals surface area contributed by atoms with Crippen molar-refractivity contribution < 1.29 is 27.9 Å². The fourth-order valence-corrected chi connectivity index (χ4v) is 5.30. The molecule has 2 saturated heterocycles. The summed E-state index contributed by atoms with van der Waals surface area (Å²) in [6.45, 7) is 1.33. The second kappa shape index (κ2) is 9.65. The largest absolute Gasteiger partial charge is 0.483 e. The molecule has 3 rings (SSSR count). The Morgan fingerprint density at radius 1 is 1.21 bits per heavy atom. The van der Waals surface area contributed by atoms with Gasteiger partial charge in [-0.15, -0.1) is 0 Å². The van der Waals surface area contributed by atoms with Gasteiger partial charge in [0.1, 0.15) is 0 Å². The highest BCUT2D eigenvalue weighted by molar-refractivity contribution is 7.92. The summed E-state index contributed by atoms with van der Waals surface area (Å²) in [7, 11) is -1.47. The number of carbonyl (C=O) groups is 3. The van der Waals surface area contributed by atoms with Gasteiger partial charge in [-0.1, -0.05) is 18.2 Å². The molecule has 2 heterocycles. The molecule has 2 N–H and O–H groups in total. The number of hydrogen-bond donors (Lipinski definition) is 2. The van der Waals surface area contributed by atoms with Gasteiger partial charge in [0.15, 0.2) is 9.84 Å². The lowest BCUT2D eigenvalue weighted by Gasteiger charge is -2.30. The van der Waals surface area contributed by atoms with E-state index in [9.17, 15) is 18.0 Å². The predicted octanol–water partition coefficient (Wildman–Crippen LogP) is -0.286. The fourth-order valence-electron chi connectivity index (χ4n) is 3.34. The first-order valence-corrected chi connectivity index (χ1v) is 10.5. The minimum Gasteiger partial charge on any atom is -0.483 e. The maximum absolute atomic E-state index is 13.1. The minimum absolute atomic E-state index is 0.0390. The van der Waals surface area contributed by atoms with Gasteiger partial charge in [0.2, 0.25) is 11.8 Å². The number of nitrogens with one attached hydrogen (secondary N) is 1. The number of sulfone groups is 1. The molecule has 0 unspecified atom stereocenters. The molecule has 0 atom stereocenters. The van der Waals surface area contributed by atoms with Crippen LogP contribution in [0.3, 0.4) is 0 Å². The molecule has 0 saturated carbocycles. The number of likely N-dealkylation sites (tertiary alicyclic amines) is 1. The Labute approximate surface area is 164 Å². The Balaban J connectivity index is 0.000000878. The molecule has 0 aromatic heterocycles. The van der Waals surface area contributed by atoms with Gasteiger partial charge in [-0.3, -0.25) is 14.4 Å². The molecule has 154 valence electrons. The molecule has 2 aliphatic rings. The molecule has 0 radical (unpaired) electrons. The van der Waals surface area contributed by atoms with Crippen LogP contribution in [0.25, 0.3) is 0 Å². The molecular formula is C18H25N3O6S. The smallest absolute Gasteiger partial charge is 0.290 e. The van der Waals surface area contributed by atoms with E-state index in [4.69, 9.17) is 9.90 Å². The topological polar surface area (TPSA) is 124 Å². The lowest BCUT2D eigenvalue weighted by atomic mass is 10.1. The van der Waals surface area contributed by atoms with Crippen molar-refractivity contribution in [3.63, 3.8) is 0 Å². The zero-order valence-corrected chi connectivity index (χ0v) is 16.5. The highest BCUT2D eigenvalue weighted by atomic mass is 32.2. The number of amides is 2. The van der Waals surface area contributed by atoms with Crippen molar-refractivity contribution in [2.45, 2.75) is 29.5 Å². The Morgan fingerprint density at radius 2 is 1.82 bits per heavy atom. The lowest BCUT2D eigenvalue weighted by molar-refractivity contribution is -0.141. The first-order chi connectivity index (χ1) is 13.3. The number of piperidine rings is 1. The van der Waals surface area contributed by atoms with E-state index in [1.54, 1.807) is 24.3 Å². The van der Waals surface area contributed by atoms with Crippen LogP contribution in [-0.4, -0.2) is 80.1 Å². The van der Waals surface area contributed by atoms with Crippen LogP contribution in [-0.2, 0) is 30.8 Å². The molecule has 28 heavy (non-hydrogen) atoms. The first kappa shape index (κ1) is 21.8. The van der Waals surface area contributed by atoms with Crippen LogP contribution >= 0.6 is 0 Å². The van der Waals surface area contributed by atoms with Gasteiger partial charge in [0.25, 0.3) is 6.47 Å². The summed E-state index contributed by atoms with van der Waals surface area (Å²) >= 11 is 0. The van der Waals surface area contributed by atoms with Crippen LogP contribution < -0.4 is 5.32 Å². The summed E-state index contributed by atoms with van der Waals surface area (Å²) in [5.74, 6) is -0.429. The molecule has 0 spiro atoms. The second-order valence-corrected chi connectivity index (χ2v) is 8.98. The SMILES string of the molecule is CN1CCC(S(=O)(=O)c2ccccc2CN2CC(=O)NCC2=O)CC1.O=CO. The lowest BCUT2D eigenvalue weighted by Crippen LogP contribution is -2.51. The normalized spacial score (nSPS) is 18.8. The van der Waals surface area contributed by atoms with E-state index in [2.05, 4.69) is 10.2 Å². The Hall–Kier alpha value is -2.46. The fraction of sp³-hybridized carbons (Fsp3) is 0.500. The zero-order chi connectivity index (χ0) is 20.7. The van der Waals surface area contributed by atoms with Gasteiger partial charge in [-0.25, -0.2) is 8.42 Å². The maximum Gasteiger partial charge on any atom is 0.290 e. The second-order valence-electron chi connectivity index (χ2n) is 6.79. The molecule has 2 aliphatic heterocycles. The number of rotatable bonds is 4. The molecule has 1 aromatic rings. The van der Waals surface area contributed by atoms with Crippen LogP contribution in [0.5, 0.6) is 0 Å². The summed E-state index contributed by atoms with van der Waals surface area (Å²) in [6.07, 6.45) is 1.22. The van der Waals surface area contributed by atoms with Gasteiger partial charge in [-0.05, 0) is 44.6 Å². The van der Waals surface area contributed by atoms with Crippen molar-refractivity contribution in [1.82, 2.24) is 15.1 Å². The Bertz CT molecular complexity index is 818. The molecular weight excluding hydrogens is 386 g/mol. The average molecular weight is 411 g/mol. The summed E-state index contributed by atoms with van der Waals surface area (Å²) < 4.78 is 26.2. The van der Waals surface area contributed by atoms with Crippen LogP contribution in [0.1, 0.15) is 18.4 Å². The van der Waals surface area contributed by atoms with Crippen LogP contribution in [0, 0.1) is 0 Å². The summed E-state index contributed by atoms with van der Waals surface area (Å²) in [5.41, 5.74) is 0.574. The third kappa shape index (κ3) is 5.29. The van der Waals surface area contributed by atoms with Gasteiger partial charge >= 0.3 is 0 Å². The summed E-state index contributed by atoms with van der Waals surface area (Å²) in [6, 6.07) is 6.80. The first-order valence-electron chi connectivity index (χ1n) is 8.92. The van der Waals surface area contributed by atoms with E-state index in [1.807, 2.05) is 7.05 Å². The number of benzene rings is 1.